The van der Waals surface area contributed by atoms with Gasteiger partial charge < -0.3 is 5.11 Å². The van der Waals surface area contributed by atoms with E-state index in [1.54, 1.807) is 0 Å². The van der Waals surface area contributed by atoms with Crippen LogP contribution in [-0.4, -0.2) is 18.3 Å². The maximum Gasteiger partial charge on any atom is 0.0456 e. The fourth-order valence-corrected chi connectivity index (χ4v) is 0.414. The molecule has 0 unspecified atom stereocenters. The highest BCUT2D eigenvalue weighted by atomic mass is 16.3. The molecule has 0 aliphatic carbocycles. The Hall–Kier alpha value is -0.730. The summed E-state index contributed by atoms with van der Waals surface area (Å²) in [6.07, 6.45) is 0.764. The van der Waals surface area contributed by atoms with Gasteiger partial charge in [-0.25, -0.2) is 0 Å². The van der Waals surface area contributed by atoms with Gasteiger partial charge in [-0.1, -0.05) is 19.5 Å². The van der Waals surface area contributed by atoms with Crippen molar-refractivity contribution in [3.8, 4) is 0 Å². The molecule has 0 aliphatic heterocycles. The number of hydrogen-bond donors (Lipinski definition) is 1. The third-order valence-electron chi connectivity index (χ3n) is 1.10. The molecule has 0 aromatic rings. The molecule has 0 rings (SSSR count). The first-order chi connectivity index (χ1) is 4.31. The largest absolute Gasteiger partial charge is 0.396 e. The van der Waals surface area contributed by atoms with Gasteiger partial charge in [-0.2, -0.15) is 0 Å². The summed E-state index contributed by atoms with van der Waals surface area (Å²) in [6, 6.07) is 0. The average molecular weight is 145 g/mol. The highest BCUT2D eigenvalue weighted by Gasteiger charge is 1.95. The summed E-state index contributed by atoms with van der Waals surface area (Å²) in [4.78, 5) is 2.59. The number of azide groups is 1. The maximum absolute atomic E-state index is 8.50. The van der Waals surface area contributed by atoms with E-state index in [4.69, 9.17) is 10.6 Å². The molecule has 0 saturated carbocycles. The lowest BCUT2D eigenvalue weighted by molar-refractivity contribution is 0.232. The number of rotatable bonds is 4. The van der Waals surface area contributed by atoms with E-state index in [-0.39, 0.29) is 20.0 Å². The second-order valence-electron chi connectivity index (χ2n) is 2.03. The van der Waals surface area contributed by atoms with Crippen molar-refractivity contribution >= 4 is 0 Å². The molecule has 0 saturated heterocycles. The molecule has 0 aromatic heterocycles. The third-order valence-corrected chi connectivity index (χ3v) is 1.10. The Balaban J connectivity index is 0. The Morgan fingerprint density at radius 3 is 2.70 bits per heavy atom. The van der Waals surface area contributed by atoms with E-state index in [2.05, 4.69) is 10.0 Å². The van der Waals surface area contributed by atoms with E-state index >= 15 is 0 Å². The van der Waals surface area contributed by atoms with Crippen molar-refractivity contribution in [2.75, 3.05) is 13.2 Å². The summed E-state index contributed by atoms with van der Waals surface area (Å²) in [5.74, 6) is 0.246. The highest BCUT2D eigenvalue weighted by Crippen LogP contribution is 1.98. The van der Waals surface area contributed by atoms with Crippen molar-refractivity contribution in [1.82, 2.24) is 0 Å². The Bertz CT molecular complexity index is 110. The lowest BCUT2D eigenvalue weighted by Gasteiger charge is -2.01. The summed E-state index contributed by atoms with van der Waals surface area (Å²) in [7, 11) is 0. The van der Waals surface area contributed by atoms with Crippen LogP contribution in [0.3, 0.4) is 0 Å². The van der Waals surface area contributed by atoms with E-state index in [0.717, 1.165) is 6.42 Å². The number of aliphatic hydroxyl groups is 1. The lowest BCUT2D eigenvalue weighted by Crippen LogP contribution is -2.01. The molecule has 0 spiro atoms. The van der Waals surface area contributed by atoms with Gasteiger partial charge in [-0.05, 0) is 17.9 Å². The van der Waals surface area contributed by atoms with Crippen molar-refractivity contribution < 1.29 is 5.11 Å². The van der Waals surface area contributed by atoms with Gasteiger partial charge in [0.05, 0.1) is 0 Å². The normalized spacial score (nSPS) is 11.0. The van der Waals surface area contributed by atoms with Crippen LogP contribution in [0.2, 0.25) is 0 Å². The molecule has 60 valence electrons. The fourth-order valence-electron chi connectivity index (χ4n) is 0.414. The van der Waals surface area contributed by atoms with Crippen LogP contribution in [0, 0.1) is 5.92 Å². The Kier molecular flexibility index (Phi) is 9.92. The number of hydrogen-bond acceptors (Lipinski definition) is 2. The summed E-state index contributed by atoms with van der Waals surface area (Å²) in [6.45, 7) is 2.56. The average Bonchev–Trinajstić information content (AvgIpc) is 1.89. The molecule has 0 aromatic carbocycles. The van der Waals surface area contributed by atoms with Crippen LogP contribution in [0.4, 0.5) is 0 Å². The van der Waals surface area contributed by atoms with Gasteiger partial charge in [0.2, 0.25) is 0 Å². The molecule has 0 radical (unpaired) electrons. The highest BCUT2D eigenvalue weighted by molar-refractivity contribution is 4.53. The van der Waals surface area contributed by atoms with Crippen LogP contribution in [0.15, 0.2) is 5.11 Å². The second-order valence-corrected chi connectivity index (χ2v) is 2.03. The molecule has 4 heteroatoms. The van der Waals surface area contributed by atoms with Crippen molar-refractivity contribution in [3.63, 3.8) is 0 Å². The minimum Gasteiger partial charge on any atom is -0.396 e. The number of aliphatic hydroxyl groups excluding tert-OH is 1. The van der Waals surface area contributed by atoms with E-state index < -0.39 is 0 Å². The zero-order chi connectivity index (χ0) is 7.11. The molecular formula is C6H15N3O. The SMILES string of the molecule is C.C[C@@H](CO)CCN=[N+]=[N-]. The monoisotopic (exact) mass is 145 g/mol. The topological polar surface area (TPSA) is 69.0 Å². The van der Waals surface area contributed by atoms with Crippen LogP contribution in [-0.2, 0) is 0 Å². The van der Waals surface area contributed by atoms with Crippen molar-refractivity contribution in [2.24, 2.45) is 11.0 Å². The molecular weight excluding hydrogens is 130 g/mol. The first kappa shape index (κ1) is 12.0. The Morgan fingerprint density at radius 2 is 2.30 bits per heavy atom. The second kappa shape index (κ2) is 8.27. The summed E-state index contributed by atoms with van der Waals surface area (Å²) in [5, 5.41) is 11.8. The molecule has 0 bridgehead atoms. The summed E-state index contributed by atoms with van der Waals surface area (Å²) in [5.41, 5.74) is 7.85. The van der Waals surface area contributed by atoms with Crippen molar-refractivity contribution in [2.45, 2.75) is 20.8 Å². The smallest absolute Gasteiger partial charge is 0.0456 e. The van der Waals surface area contributed by atoms with Gasteiger partial charge >= 0.3 is 0 Å². The van der Waals surface area contributed by atoms with E-state index in [9.17, 15) is 0 Å². The molecule has 1 N–H and O–H groups in total. The van der Waals surface area contributed by atoms with Crippen LogP contribution >= 0.6 is 0 Å². The number of nitrogens with zero attached hydrogens (tertiary/aromatic N) is 3. The molecule has 0 heterocycles. The standard InChI is InChI=1S/C5H11N3O.CH4/c1-5(4-9)2-3-7-8-6;/h5,9H,2-4H2,1H3;1H4/t5-;/m1./s1. The molecule has 0 fully saturated rings. The van der Waals surface area contributed by atoms with E-state index in [0.29, 0.717) is 6.54 Å². The molecule has 0 amide bonds. The Morgan fingerprint density at radius 1 is 1.70 bits per heavy atom. The van der Waals surface area contributed by atoms with Gasteiger partial charge in [0.1, 0.15) is 0 Å². The summed E-state index contributed by atoms with van der Waals surface area (Å²) < 4.78 is 0. The molecule has 1 atom stereocenters. The zero-order valence-electron chi connectivity index (χ0n) is 5.49. The first-order valence-electron chi connectivity index (χ1n) is 2.93. The zero-order valence-corrected chi connectivity index (χ0v) is 5.49. The minimum absolute atomic E-state index is 0. The minimum atomic E-state index is 0. The van der Waals surface area contributed by atoms with Crippen LogP contribution in [0.5, 0.6) is 0 Å². The van der Waals surface area contributed by atoms with Gasteiger partial charge in [-0.3, -0.25) is 0 Å². The van der Waals surface area contributed by atoms with Gasteiger partial charge in [0.25, 0.3) is 0 Å². The van der Waals surface area contributed by atoms with Crippen LogP contribution < -0.4 is 0 Å². The van der Waals surface area contributed by atoms with E-state index in [1.807, 2.05) is 6.92 Å². The predicted octanol–water partition coefficient (Wildman–Crippen LogP) is 1.95. The van der Waals surface area contributed by atoms with Crippen molar-refractivity contribution in [3.05, 3.63) is 10.4 Å². The fraction of sp³-hybridized carbons (Fsp3) is 1.00. The van der Waals surface area contributed by atoms with Gasteiger partial charge in [-0.15, -0.1) is 0 Å². The van der Waals surface area contributed by atoms with Gasteiger partial charge in [0.15, 0.2) is 0 Å². The molecule has 10 heavy (non-hydrogen) atoms. The van der Waals surface area contributed by atoms with Crippen molar-refractivity contribution in [1.29, 1.82) is 0 Å². The Labute approximate surface area is 61.5 Å². The summed E-state index contributed by atoms with van der Waals surface area (Å²) >= 11 is 0. The molecule has 0 aliphatic rings. The first-order valence-corrected chi connectivity index (χ1v) is 2.93. The van der Waals surface area contributed by atoms with Crippen LogP contribution in [0.1, 0.15) is 20.8 Å². The predicted molar refractivity (Wildman–Crippen MR) is 41.6 cm³/mol. The van der Waals surface area contributed by atoms with Gasteiger partial charge in [0, 0.05) is 18.1 Å². The van der Waals surface area contributed by atoms with E-state index in [1.165, 1.54) is 0 Å². The third kappa shape index (κ3) is 7.27. The van der Waals surface area contributed by atoms with Crippen LogP contribution in [0.25, 0.3) is 10.4 Å². The molecule has 4 nitrogen and oxygen atoms in total. The lowest BCUT2D eigenvalue weighted by atomic mass is 10.1. The quantitative estimate of drug-likeness (QED) is 0.366. The maximum atomic E-state index is 8.50.